The van der Waals surface area contributed by atoms with Gasteiger partial charge in [-0.1, -0.05) is 43.2 Å². The summed E-state index contributed by atoms with van der Waals surface area (Å²) in [4.78, 5) is 36.5. The van der Waals surface area contributed by atoms with Gasteiger partial charge in [-0.25, -0.2) is 4.79 Å². The number of ether oxygens (including phenoxy) is 2. The van der Waals surface area contributed by atoms with Crippen LogP contribution in [0.4, 0.5) is 0 Å². The number of nitrogens with one attached hydrogen (secondary N) is 1. The number of carbonyl (C=O) groups excluding carboxylic acids is 3. The Labute approximate surface area is 147 Å². The van der Waals surface area contributed by atoms with Crippen molar-refractivity contribution in [3.8, 4) is 0 Å². The van der Waals surface area contributed by atoms with Crippen LogP contribution in [-0.4, -0.2) is 38.1 Å². The lowest BCUT2D eigenvalue weighted by atomic mass is 9.77. The number of benzene rings is 1. The summed E-state index contributed by atoms with van der Waals surface area (Å²) in [7, 11) is 2.55. The molecular weight excluding hydrogens is 322 g/mol. The lowest BCUT2D eigenvalue weighted by Gasteiger charge is -2.30. The van der Waals surface area contributed by atoms with Crippen LogP contribution in [0.2, 0.25) is 0 Å². The first-order valence-electron chi connectivity index (χ1n) is 8.54. The van der Waals surface area contributed by atoms with E-state index in [1.807, 2.05) is 30.3 Å². The predicted octanol–water partition coefficient (Wildman–Crippen LogP) is 2.11. The molecule has 1 aromatic rings. The number of carbonyl (C=O) groups is 3. The van der Waals surface area contributed by atoms with E-state index in [0.29, 0.717) is 0 Å². The third-order valence-electron chi connectivity index (χ3n) is 4.87. The van der Waals surface area contributed by atoms with Crippen molar-refractivity contribution in [2.45, 2.75) is 50.0 Å². The van der Waals surface area contributed by atoms with Crippen LogP contribution in [0, 0.1) is 0 Å². The van der Waals surface area contributed by atoms with Crippen LogP contribution in [0.5, 0.6) is 0 Å². The zero-order valence-corrected chi connectivity index (χ0v) is 14.7. The molecule has 0 heterocycles. The Kier molecular flexibility index (Phi) is 6.56. The van der Waals surface area contributed by atoms with Gasteiger partial charge < -0.3 is 14.8 Å². The molecule has 1 aliphatic carbocycles. The van der Waals surface area contributed by atoms with Gasteiger partial charge in [-0.2, -0.15) is 0 Å². The van der Waals surface area contributed by atoms with Crippen molar-refractivity contribution in [1.29, 1.82) is 0 Å². The van der Waals surface area contributed by atoms with Gasteiger partial charge in [0.15, 0.2) is 0 Å². The maximum atomic E-state index is 13.1. The summed E-state index contributed by atoms with van der Waals surface area (Å²) in [5.74, 6) is -1.17. The fourth-order valence-electron chi connectivity index (χ4n) is 3.43. The molecule has 1 saturated carbocycles. The summed E-state index contributed by atoms with van der Waals surface area (Å²) in [6.07, 6.45) is 3.60. The van der Waals surface area contributed by atoms with E-state index >= 15 is 0 Å². The molecule has 1 amide bonds. The molecule has 1 unspecified atom stereocenters. The topological polar surface area (TPSA) is 81.7 Å². The first kappa shape index (κ1) is 19.0. The highest BCUT2D eigenvalue weighted by atomic mass is 16.5. The molecule has 0 saturated heterocycles. The quantitative estimate of drug-likeness (QED) is 0.764. The SMILES string of the molecule is COC(=O)CCC(NC(=O)C1(c2ccccc2)CCCC1)C(=O)OC. The molecule has 6 heteroatoms. The molecule has 1 atom stereocenters. The zero-order valence-electron chi connectivity index (χ0n) is 14.7. The number of amides is 1. The van der Waals surface area contributed by atoms with E-state index in [9.17, 15) is 14.4 Å². The van der Waals surface area contributed by atoms with E-state index < -0.39 is 23.4 Å². The van der Waals surface area contributed by atoms with Crippen LogP contribution >= 0.6 is 0 Å². The maximum absolute atomic E-state index is 13.1. The second-order valence-corrected chi connectivity index (χ2v) is 6.32. The molecular formula is C19H25NO5. The molecule has 0 radical (unpaired) electrons. The van der Waals surface area contributed by atoms with Gasteiger partial charge in [-0.15, -0.1) is 0 Å². The minimum atomic E-state index is -0.863. The van der Waals surface area contributed by atoms with Crippen LogP contribution in [0.15, 0.2) is 30.3 Å². The largest absolute Gasteiger partial charge is 0.469 e. The van der Waals surface area contributed by atoms with Crippen LogP contribution in [0.3, 0.4) is 0 Å². The number of rotatable bonds is 7. The van der Waals surface area contributed by atoms with Crippen molar-refractivity contribution < 1.29 is 23.9 Å². The minimum Gasteiger partial charge on any atom is -0.469 e. The first-order chi connectivity index (χ1) is 12.0. The molecule has 1 aliphatic rings. The molecule has 1 aromatic carbocycles. The van der Waals surface area contributed by atoms with Crippen molar-refractivity contribution in [1.82, 2.24) is 5.32 Å². The maximum Gasteiger partial charge on any atom is 0.328 e. The van der Waals surface area contributed by atoms with E-state index in [1.165, 1.54) is 14.2 Å². The Bertz CT molecular complexity index is 608. The zero-order chi connectivity index (χ0) is 18.3. The van der Waals surface area contributed by atoms with Gasteiger partial charge in [-0.05, 0) is 24.8 Å². The monoisotopic (exact) mass is 347 g/mol. The first-order valence-corrected chi connectivity index (χ1v) is 8.54. The van der Waals surface area contributed by atoms with Crippen molar-refractivity contribution in [2.24, 2.45) is 0 Å². The number of methoxy groups -OCH3 is 2. The second-order valence-electron chi connectivity index (χ2n) is 6.32. The second kappa shape index (κ2) is 8.65. The third kappa shape index (κ3) is 4.38. The number of hydrogen-bond acceptors (Lipinski definition) is 5. The molecule has 1 N–H and O–H groups in total. The Balaban J connectivity index is 2.17. The van der Waals surface area contributed by atoms with Gasteiger partial charge in [0.25, 0.3) is 0 Å². The van der Waals surface area contributed by atoms with Gasteiger partial charge >= 0.3 is 11.9 Å². The van der Waals surface area contributed by atoms with E-state index in [1.54, 1.807) is 0 Å². The third-order valence-corrected chi connectivity index (χ3v) is 4.87. The van der Waals surface area contributed by atoms with Crippen LogP contribution < -0.4 is 5.32 Å². The number of hydrogen-bond donors (Lipinski definition) is 1. The van der Waals surface area contributed by atoms with Gasteiger partial charge in [-0.3, -0.25) is 9.59 Å². The molecule has 2 rings (SSSR count). The van der Waals surface area contributed by atoms with Crippen molar-refractivity contribution in [2.75, 3.05) is 14.2 Å². The van der Waals surface area contributed by atoms with Gasteiger partial charge in [0.05, 0.1) is 19.6 Å². The van der Waals surface area contributed by atoms with E-state index in [4.69, 9.17) is 4.74 Å². The van der Waals surface area contributed by atoms with Crippen LogP contribution in [0.1, 0.15) is 44.1 Å². The molecule has 0 aromatic heterocycles. The predicted molar refractivity (Wildman–Crippen MR) is 91.8 cm³/mol. The number of esters is 2. The molecule has 1 fully saturated rings. The smallest absolute Gasteiger partial charge is 0.328 e. The molecule has 25 heavy (non-hydrogen) atoms. The Morgan fingerprint density at radius 1 is 1.08 bits per heavy atom. The summed E-state index contributed by atoms with van der Waals surface area (Å²) >= 11 is 0. The summed E-state index contributed by atoms with van der Waals surface area (Å²) in [6.45, 7) is 0. The Hall–Kier alpha value is -2.37. The highest BCUT2D eigenvalue weighted by molar-refractivity contribution is 5.92. The fourth-order valence-corrected chi connectivity index (χ4v) is 3.43. The highest BCUT2D eigenvalue weighted by Crippen LogP contribution is 2.41. The molecule has 0 bridgehead atoms. The van der Waals surface area contributed by atoms with E-state index in [2.05, 4.69) is 10.1 Å². The fraction of sp³-hybridized carbons (Fsp3) is 0.526. The van der Waals surface area contributed by atoms with Crippen LogP contribution in [0.25, 0.3) is 0 Å². The van der Waals surface area contributed by atoms with E-state index in [0.717, 1.165) is 31.2 Å². The average Bonchev–Trinajstić information content (AvgIpc) is 3.15. The van der Waals surface area contributed by atoms with Gasteiger partial charge in [0, 0.05) is 6.42 Å². The Morgan fingerprint density at radius 3 is 2.28 bits per heavy atom. The lowest BCUT2D eigenvalue weighted by Crippen LogP contribution is -2.50. The van der Waals surface area contributed by atoms with Gasteiger partial charge in [0.2, 0.25) is 5.91 Å². The summed E-state index contributed by atoms with van der Waals surface area (Å²) in [5.41, 5.74) is 0.334. The molecule has 0 aliphatic heterocycles. The van der Waals surface area contributed by atoms with E-state index in [-0.39, 0.29) is 18.7 Å². The normalized spacial score (nSPS) is 16.7. The standard InChI is InChI=1S/C19H25NO5/c1-24-16(21)11-10-15(17(22)25-2)20-18(23)19(12-6-7-13-19)14-8-4-3-5-9-14/h3-5,8-9,15H,6-7,10-13H2,1-2H3,(H,20,23). The summed E-state index contributed by atoms with van der Waals surface area (Å²) in [6, 6.07) is 8.78. The molecule has 136 valence electrons. The van der Waals surface area contributed by atoms with Crippen molar-refractivity contribution in [3.05, 3.63) is 35.9 Å². The minimum absolute atomic E-state index is 0.0366. The summed E-state index contributed by atoms with van der Waals surface area (Å²) in [5, 5.41) is 2.81. The molecule has 6 nitrogen and oxygen atoms in total. The van der Waals surface area contributed by atoms with Gasteiger partial charge in [0.1, 0.15) is 6.04 Å². The van der Waals surface area contributed by atoms with Crippen LogP contribution in [-0.2, 0) is 29.3 Å². The average molecular weight is 347 g/mol. The van der Waals surface area contributed by atoms with Crippen molar-refractivity contribution in [3.63, 3.8) is 0 Å². The lowest BCUT2D eigenvalue weighted by molar-refractivity contribution is -0.147. The highest BCUT2D eigenvalue weighted by Gasteiger charge is 2.43. The summed E-state index contributed by atoms with van der Waals surface area (Å²) < 4.78 is 9.38. The Morgan fingerprint density at radius 2 is 1.72 bits per heavy atom. The van der Waals surface area contributed by atoms with Crippen molar-refractivity contribution >= 4 is 17.8 Å². The molecule has 0 spiro atoms.